The van der Waals surface area contributed by atoms with Crippen LogP contribution in [-0.4, -0.2) is 14.6 Å². The Morgan fingerprint density at radius 2 is 2.29 bits per heavy atom. The van der Waals surface area contributed by atoms with Gasteiger partial charge in [-0.2, -0.15) is 0 Å². The summed E-state index contributed by atoms with van der Waals surface area (Å²) in [7, 11) is 0. The second kappa shape index (κ2) is 2.67. The minimum atomic E-state index is 0.714. The van der Waals surface area contributed by atoms with E-state index >= 15 is 0 Å². The number of aryl methyl sites for hydroxylation is 1. The fourth-order valence-corrected chi connectivity index (χ4v) is 2.04. The van der Waals surface area contributed by atoms with Crippen LogP contribution in [0, 0.1) is 11.6 Å². The Bertz CT molecular complexity index is 548. The van der Waals surface area contributed by atoms with Crippen LogP contribution in [0.1, 0.15) is 30.1 Å². The number of hydrogen-bond donors (Lipinski definition) is 1. The molecular formula is C10H11N3S. The molecule has 1 N–H and O–H groups in total. The summed E-state index contributed by atoms with van der Waals surface area (Å²) in [6, 6.07) is 4.02. The van der Waals surface area contributed by atoms with Gasteiger partial charge < -0.3 is 0 Å². The number of aromatic amines is 1. The Kier molecular flexibility index (Phi) is 1.56. The molecule has 0 aliphatic heterocycles. The average molecular weight is 205 g/mol. The molecule has 0 aromatic carbocycles. The number of fused-ring (bicyclic) bond motifs is 1. The lowest BCUT2D eigenvalue weighted by atomic mass is 10.3. The number of rotatable bonds is 1. The van der Waals surface area contributed by atoms with Gasteiger partial charge in [0.25, 0.3) is 0 Å². The van der Waals surface area contributed by atoms with Crippen molar-refractivity contribution < 1.29 is 0 Å². The van der Waals surface area contributed by atoms with Crippen LogP contribution in [0.3, 0.4) is 0 Å². The highest BCUT2D eigenvalue weighted by Crippen LogP contribution is 2.39. The monoisotopic (exact) mass is 205 g/mol. The van der Waals surface area contributed by atoms with Gasteiger partial charge >= 0.3 is 0 Å². The van der Waals surface area contributed by atoms with Crippen LogP contribution >= 0.6 is 12.2 Å². The summed E-state index contributed by atoms with van der Waals surface area (Å²) in [4.78, 5) is 4.43. The topological polar surface area (TPSA) is 33.1 Å². The van der Waals surface area contributed by atoms with Gasteiger partial charge in [0.2, 0.25) is 0 Å². The molecule has 1 aliphatic rings. The summed E-state index contributed by atoms with van der Waals surface area (Å²) in [5.41, 5.74) is 3.20. The van der Waals surface area contributed by atoms with E-state index in [1.165, 1.54) is 18.5 Å². The molecule has 4 heteroatoms. The van der Waals surface area contributed by atoms with E-state index in [1.54, 1.807) is 0 Å². The molecule has 1 aliphatic carbocycles. The van der Waals surface area contributed by atoms with Crippen LogP contribution in [0.2, 0.25) is 0 Å². The van der Waals surface area contributed by atoms with Crippen LogP contribution in [-0.2, 0) is 0 Å². The van der Waals surface area contributed by atoms with Crippen molar-refractivity contribution in [2.75, 3.05) is 0 Å². The van der Waals surface area contributed by atoms with Crippen molar-refractivity contribution in [1.82, 2.24) is 14.6 Å². The predicted octanol–water partition coefficient (Wildman–Crippen LogP) is 2.58. The van der Waals surface area contributed by atoms with Crippen LogP contribution in [0.15, 0.2) is 12.1 Å². The molecule has 1 fully saturated rings. The quantitative estimate of drug-likeness (QED) is 0.726. The molecule has 0 amide bonds. The molecule has 0 radical (unpaired) electrons. The molecule has 0 bridgehead atoms. The molecule has 2 aromatic heterocycles. The largest absolute Gasteiger partial charge is 0.295 e. The van der Waals surface area contributed by atoms with Crippen molar-refractivity contribution in [3.05, 3.63) is 28.2 Å². The predicted molar refractivity (Wildman–Crippen MR) is 57.1 cm³/mol. The Morgan fingerprint density at radius 3 is 3.00 bits per heavy atom. The molecule has 0 spiro atoms. The van der Waals surface area contributed by atoms with Crippen molar-refractivity contribution in [2.45, 2.75) is 25.7 Å². The van der Waals surface area contributed by atoms with Gasteiger partial charge in [-0.1, -0.05) is 12.2 Å². The lowest BCUT2D eigenvalue weighted by molar-refractivity contribution is 0.866. The van der Waals surface area contributed by atoms with Crippen LogP contribution in [0.25, 0.3) is 5.65 Å². The van der Waals surface area contributed by atoms with Crippen molar-refractivity contribution in [1.29, 1.82) is 0 Å². The number of nitrogens with zero attached hydrogens (tertiary/aromatic N) is 2. The summed E-state index contributed by atoms with van der Waals surface area (Å²) < 4.78 is 2.69. The molecule has 0 unspecified atom stereocenters. The standard InChI is InChI=1S/C10H11N3S/c1-6-4-10(14)13-9(11-6)5-8(12-13)7-2-3-7/h4-5,7,12H,2-3H2,1H3. The number of aromatic nitrogens is 3. The van der Waals surface area contributed by atoms with E-state index in [4.69, 9.17) is 12.2 Å². The average Bonchev–Trinajstić information content (AvgIpc) is 2.87. The molecule has 72 valence electrons. The van der Waals surface area contributed by atoms with Gasteiger partial charge in [0.1, 0.15) is 4.64 Å². The first kappa shape index (κ1) is 8.17. The first-order chi connectivity index (χ1) is 6.74. The van der Waals surface area contributed by atoms with E-state index in [1.807, 2.05) is 17.5 Å². The van der Waals surface area contributed by atoms with Crippen molar-refractivity contribution in [3.8, 4) is 0 Å². The maximum absolute atomic E-state index is 5.25. The molecule has 1 saturated carbocycles. The van der Waals surface area contributed by atoms with Gasteiger partial charge in [-0.25, -0.2) is 9.50 Å². The summed E-state index contributed by atoms with van der Waals surface area (Å²) >= 11 is 5.25. The second-order valence-electron chi connectivity index (χ2n) is 3.92. The molecule has 3 rings (SSSR count). The molecular weight excluding hydrogens is 194 g/mol. The maximum Gasteiger partial charge on any atom is 0.154 e. The van der Waals surface area contributed by atoms with Gasteiger partial charge in [-0.05, 0) is 25.8 Å². The lowest BCUT2D eigenvalue weighted by Gasteiger charge is -1.94. The SMILES string of the molecule is Cc1cc(=S)n2[nH]c(C3CC3)cc2n1. The highest BCUT2D eigenvalue weighted by atomic mass is 32.1. The third-order valence-electron chi connectivity index (χ3n) is 2.62. The van der Waals surface area contributed by atoms with Gasteiger partial charge in [0.05, 0.1) is 0 Å². The third-order valence-corrected chi connectivity index (χ3v) is 2.92. The number of hydrogen-bond acceptors (Lipinski definition) is 2. The molecule has 3 nitrogen and oxygen atoms in total. The zero-order valence-electron chi connectivity index (χ0n) is 7.95. The van der Waals surface area contributed by atoms with E-state index in [9.17, 15) is 0 Å². The highest BCUT2D eigenvalue weighted by Gasteiger charge is 2.25. The Labute approximate surface area is 86.8 Å². The minimum Gasteiger partial charge on any atom is -0.295 e. The normalized spacial score (nSPS) is 16.4. The first-order valence-corrected chi connectivity index (χ1v) is 5.24. The minimum absolute atomic E-state index is 0.714. The van der Waals surface area contributed by atoms with Gasteiger partial charge in [-0.3, -0.25) is 5.10 Å². The number of H-pyrrole nitrogens is 1. The van der Waals surface area contributed by atoms with Gasteiger partial charge in [-0.15, -0.1) is 0 Å². The molecule has 2 heterocycles. The summed E-state index contributed by atoms with van der Waals surface area (Å²) in [5, 5.41) is 3.30. The Hall–Kier alpha value is -1.16. The zero-order valence-corrected chi connectivity index (χ0v) is 8.77. The first-order valence-electron chi connectivity index (χ1n) is 4.83. The lowest BCUT2D eigenvalue weighted by Crippen LogP contribution is -1.93. The second-order valence-corrected chi connectivity index (χ2v) is 4.33. The molecule has 0 saturated heterocycles. The van der Waals surface area contributed by atoms with Gasteiger partial charge in [0.15, 0.2) is 5.65 Å². The Morgan fingerprint density at radius 1 is 1.50 bits per heavy atom. The van der Waals surface area contributed by atoms with Crippen LogP contribution in [0.4, 0.5) is 0 Å². The van der Waals surface area contributed by atoms with E-state index in [0.29, 0.717) is 5.92 Å². The van der Waals surface area contributed by atoms with E-state index < -0.39 is 0 Å². The van der Waals surface area contributed by atoms with Crippen molar-refractivity contribution in [2.24, 2.45) is 0 Å². The summed E-state index contributed by atoms with van der Waals surface area (Å²) in [6.07, 6.45) is 2.58. The van der Waals surface area contributed by atoms with E-state index in [2.05, 4.69) is 16.1 Å². The molecule has 0 atom stereocenters. The molecule has 2 aromatic rings. The number of nitrogens with one attached hydrogen (secondary N) is 1. The molecule has 14 heavy (non-hydrogen) atoms. The highest BCUT2D eigenvalue weighted by molar-refractivity contribution is 7.71. The van der Waals surface area contributed by atoms with E-state index in [-0.39, 0.29) is 0 Å². The van der Waals surface area contributed by atoms with Crippen molar-refractivity contribution >= 4 is 17.9 Å². The Balaban J connectivity index is 2.31. The fraction of sp³-hybridized carbons (Fsp3) is 0.400. The smallest absolute Gasteiger partial charge is 0.154 e. The fourth-order valence-electron chi connectivity index (χ4n) is 1.73. The maximum atomic E-state index is 5.25. The van der Waals surface area contributed by atoms with E-state index in [0.717, 1.165) is 16.0 Å². The van der Waals surface area contributed by atoms with Crippen molar-refractivity contribution in [3.63, 3.8) is 0 Å². The van der Waals surface area contributed by atoms with Crippen LogP contribution in [0.5, 0.6) is 0 Å². The van der Waals surface area contributed by atoms with Gasteiger partial charge in [0, 0.05) is 23.4 Å². The zero-order chi connectivity index (χ0) is 9.71. The summed E-state index contributed by atoms with van der Waals surface area (Å²) in [6.45, 7) is 1.97. The third kappa shape index (κ3) is 1.18. The summed E-state index contributed by atoms with van der Waals surface area (Å²) in [5.74, 6) is 0.714. The van der Waals surface area contributed by atoms with Crippen LogP contribution < -0.4 is 0 Å².